The van der Waals surface area contributed by atoms with E-state index in [1.165, 1.54) is 0 Å². The molecule has 1 N–H and O–H groups in total. The van der Waals surface area contributed by atoms with Crippen LogP contribution < -0.4 is 5.32 Å². The lowest BCUT2D eigenvalue weighted by Crippen LogP contribution is -2.25. The number of rotatable bonds is 10. The first kappa shape index (κ1) is 32.0. The van der Waals surface area contributed by atoms with Gasteiger partial charge < -0.3 is 10.2 Å². The number of fused-ring (bicyclic) bond motifs is 1. The Bertz CT molecular complexity index is 1110. The molecule has 2 aromatic carbocycles. The van der Waals surface area contributed by atoms with Crippen LogP contribution in [0.5, 0.6) is 0 Å². The van der Waals surface area contributed by atoms with Crippen molar-refractivity contribution in [3.8, 4) is 0 Å². The first-order chi connectivity index (χ1) is 15.8. The predicted octanol–water partition coefficient (Wildman–Crippen LogP) is 9.18. The minimum Gasteiger partial charge on any atom is -0.367 e. The Balaban J connectivity index is 0.00000306. The minimum absolute atomic E-state index is 0. The van der Waals surface area contributed by atoms with Crippen molar-refractivity contribution in [3.05, 3.63) is 61.8 Å². The number of nitrogens with one attached hydrogen (secondary N) is 1. The Hall–Kier alpha value is -0.980. The summed E-state index contributed by atoms with van der Waals surface area (Å²) in [5.74, 6) is 1.31. The van der Waals surface area contributed by atoms with Gasteiger partial charge in [-0.2, -0.15) is 0 Å². The maximum absolute atomic E-state index is 6.31. The number of nitrogens with zero attached hydrogens (tertiary/aromatic N) is 3. The van der Waals surface area contributed by atoms with Gasteiger partial charge in [0, 0.05) is 27.0 Å². The number of hydrogen-bond acceptors (Lipinski definition) is 4. The average molecular weight is 599 g/mol. The van der Waals surface area contributed by atoms with E-state index in [-0.39, 0.29) is 30.9 Å². The van der Waals surface area contributed by atoms with E-state index in [0.29, 0.717) is 31.5 Å². The lowest BCUT2D eigenvalue weighted by molar-refractivity contribution is 0.295. The van der Waals surface area contributed by atoms with E-state index in [1.54, 1.807) is 24.3 Å². The Morgan fingerprint density at radius 1 is 0.914 bits per heavy atom. The molecule has 3 aromatic rings. The lowest BCUT2D eigenvalue weighted by atomic mass is 10.1. The molecule has 192 valence electrons. The first-order valence-electron chi connectivity index (χ1n) is 11.1. The van der Waals surface area contributed by atoms with Crippen LogP contribution in [0.4, 0.5) is 5.82 Å². The summed E-state index contributed by atoms with van der Waals surface area (Å²) < 4.78 is 0. The highest BCUT2D eigenvalue weighted by atomic mass is 35.5. The quantitative estimate of drug-likeness (QED) is 0.252. The number of halogens is 6. The van der Waals surface area contributed by atoms with Crippen LogP contribution in [0, 0.1) is 0 Å². The number of hydrogen-bond donors (Lipinski definition) is 1. The van der Waals surface area contributed by atoms with Gasteiger partial charge in [0.05, 0.1) is 15.6 Å². The fourth-order valence-electron chi connectivity index (χ4n) is 3.64. The monoisotopic (exact) mass is 596 g/mol. The molecular formula is C25H30Cl6N4. The second-order valence-corrected chi connectivity index (χ2v) is 9.61. The smallest absolute Gasteiger partial charge is 0.154 e. The molecule has 0 radical (unpaired) electrons. The van der Waals surface area contributed by atoms with Crippen LogP contribution in [0.3, 0.4) is 0 Å². The van der Waals surface area contributed by atoms with E-state index in [0.717, 1.165) is 49.2 Å². The zero-order valence-electron chi connectivity index (χ0n) is 19.8. The highest BCUT2D eigenvalue weighted by Crippen LogP contribution is 2.31. The third kappa shape index (κ3) is 9.12. The maximum Gasteiger partial charge on any atom is 0.154 e. The summed E-state index contributed by atoms with van der Waals surface area (Å²) in [5, 5.41) is 6.53. The molecule has 1 unspecified atom stereocenters. The number of anilines is 1. The topological polar surface area (TPSA) is 41.0 Å². The summed E-state index contributed by atoms with van der Waals surface area (Å²) in [4.78, 5) is 11.9. The van der Waals surface area contributed by atoms with Gasteiger partial charge in [0.1, 0.15) is 5.82 Å². The van der Waals surface area contributed by atoms with Crippen LogP contribution in [0.2, 0.25) is 20.1 Å². The summed E-state index contributed by atoms with van der Waals surface area (Å²) in [6.45, 7) is 9.82. The molecule has 35 heavy (non-hydrogen) atoms. The highest BCUT2D eigenvalue weighted by molar-refractivity contribution is 6.40. The molecule has 1 atom stereocenters. The average Bonchev–Trinajstić information content (AvgIpc) is 2.75. The van der Waals surface area contributed by atoms with Gasteiger partial charge in [0.2, 0.25) is 0 Å². The second kappa shape index (κ2) is 15.3. The molecular weight excluding hydrogens is 569 g/mol. The van der Waals surface area contributed by atoms with E-state index in [2.05, 4.69) is 36.0 Å². The lowest BCUT2D eigenvalue weighted by Gasteiger charge is -2.20. The second-order valence-electron chi connectivity index (χ2n) is 7.92. The zero-order valence-corrected chi connectivity index (χ0v) is 24.5. The van der Waals surface area contributed by atoms with Crippen LogP contribution >= 0.6 is 71.2 Å². The van der Waals surface area contributed by atoms with Crippen molar-refractivity contribution in [2.75, 3.05) is 25.0 Å². The van der Waals surface area contributed by atoms with Crippen LogP contribution in [0.15, 0.2) is 30.3 Å². The molecule has 0 amide bonds. The van der Waals surface area contributed by atoms with Gasteiger partial charge in [-0.05, 0) is 81.9 Å². The van der Waals surface area contributed by atoms with Gasteiger partial charge in [-0.3, -0.25) is 0 Å². The summed E-state index contributed by atoms with van der Waals surface area (Å²) in [7, 11) is 0. The fourth-order valence-corrected chi connectivity index (χ4v) is 4.75. The Kier molecular flexibility index (Phi) is 14.0. The van der Waals surface area contributed by atoms with Crippen molar-refractivity contribution in [1.82, 2.24) is 14.9 Å². The molecule has 4 nitrogen and oxygen atoms in total. The summed E-state index contributed by atoms with van der Waals surface area (Å²) in [5.41, 5.74) is 1.43. The van der Waals surface area contributed by atoms with E-state index in [4.69, 9.17) is 51.4 Å². The third-order valence-corrected chi connectivity index (χ3v) is 6.59. The fraction of sp³-hybridized carbons (Fsp3) is 0.360. The number of benzene rings is 2. The van der Waals surface area contributed by atoms with E-state index < -0.39 is 0 Å². The molecule has 0 bridgehead atoms. The van der Waals surface area contributed by atoms with E-state index in [9.17, 15) is 0 Å². The number of aromatic nitrogens is 2. The van der Waals surface area contributed by atoms with Gasteiger partial charge in [0.25, 0.3) is 0 Å². The molecule has 0 saturated carbocycles. The van der Waals surface area contributed by atoms with E-state index >= 15 is 0 Å². The molecule has 1 heterocycles. The minimum atomic E-state index is 0. The van der Waals surface area contributed by atoms with Crippen LogP contribution in [-0.4, -0.2) is 40.5 Å². The van der Waals surface area contributed by atoms with Crippen molar-refractivity contribution in [2.24, 2.45) is 0 Å². The third-order valence-electron chi connectivity index (χ3n) is 5.51. The molecule has 0 aliphatic carbocycles. The van der Waals surface area contributed by atoms with Gasteiger partial charge in [0.15, 0.2) is 5.82 Å². The van der Waals surface area contributed by atoms with Gasteiger partial charge in [-0.25, -0.2) is 9.97 Å². The van der Waals surface area contributed by atoms with Crippen molar-refractivity contribution in [2.45, 2.75) is 39.7 Å². The molecule has 3 rings (SSSR count). The largest absolute Gasteiger partial charge is 0.367 e. The maximum atomic E-state index is 6.31. The Morgan fingerprint density at radius 2 is 1.57 bits per heavy atom. The highest BCUT2D eigenvalue weighted by Gasteiger charge is 2.12. The Morgan fingerprint density at radius 3 is 2.20 bits per heavy atom. The summed E-state index contributed by atoms with van der Waals surface area (Å²) >= 11 is 24.9. The van der Waals surface area contributed by atoms with Crippen molar-refractivity contribution in [1.29, 1.82) is 0 Å². The first-order valence-corrected chi connectivity index (χ1v) is 12.6. The molecule has 0 aliphatic rings. The van der Waals surface area contributed by atoms with Crippen LogP contribution in [-0.2, 0) is 0 Å². The molecule has 0 saturated heterocycles. The van der Waals surface area contributed by atoms with Gasteiger partial charge >= 0.3 is 0 Å². The Labute approximate surface area is 240 Å². The van der Waals surface area contributed by atoms with Gasteiger partial charge in [-0.1, -0.05) is 60.3 Å². The molecule has 10 heteroatoms. The van der Waals surface area contributed by atoms with Crippen molar-refractivity contribution >= 4 is 100 Å². The molecule has 1 aromatic heterocycles. The molecule has 0 aliphatic heterocycles. The van der Waals surface area contributed by atoms with Crippen LogP contribution in [0.25, 0.3) is 23.1 Å². The van der Waals surface area contributed by atoms with Crippen molar-refractivity contribution in [3.63, 3.8) is 0 Å². The van der Waals surface area contributed by atoms with Crippen molar-refractivity contribution < 1.29 is 0 Å². The molecule has 0 fully saturated rings. The SMILES string of the molecule is CCN(CC)CCCC(C)Nc1nc(C=Cc2c(Cl)cc(Cl)cc2Cl)nc2cc(Cl)ccc12.Cl.Cl. The van der Waals surface area contributed by atoms with E-state index in [1.807, 2.05) is 18.2 Å². The standard InChI is InChI=1S/C25H28Cl4N4.2ClH/c1-4-33(5-2)12-6-7-16(3)30-25-20-9-8-17(26)15-23(20)31-24(32-25)11-10-19-21(28)13-18(27)14-22(19)29;;/h8-11,13-16H,4-7,12H2,1-3H3,(H,30,31,32);2*1H. The van der Waals surface area contributed by atoms with Gasteiger partial charge in [-0.15, -0.1) is 24.8 Å². The predicted molar refractivity (Wildman–Crippen MR) is 160 cm³/mol. The summed E-state index contributed by atoms with van der Waals surface area (Å²) in [6.07, 6.45) is 5.74. The summed E-state index contributed by atoms with van der Waals surface area (Å²) in [6, 6.07) is 9.21. The molecule has 0 spiro atoms. The van der Waals surface area contributed by atoms with Crippen LogP contribution in [0.1, 0.15) is 45.0 Å². The zero-order chi connectivity index (χ0) is 24.0. The normalized spacial score (nSPS) is 12.0.